The Hall–Kier alpha value is -0.350. The summed E-state index contributed by atoms with van der Waals surface area (Å²) in [5.41, 5.74) is 9.14. The maximum absolute atomic E-state index is 6.71. The van der Waals surface area contributed by atoms with E-state index in [2.05, 4.69) is 46.5 Å². The van der Waals surface area contributed by atoms with Crippen molar-refractivity contribution in [1.82, 2.24) is 9.78 Å². The number of nitrogens with two attached hydrogens (primary N) is 1. The standard InChI is InChI=1S/C14H24BrN3/c1-5-18-11(12(15)10(2)17-18)9-14(16)8-6-7-13(14,3)4/h5-9,16H2,1-4H3. The first-order valence-electron chi connectivity index (χ1n) is 6.81. The Morgan fingerprint density at radius 3 is 2.56 bits per heavy atom. The predicted molar refractivity (Wildman–Crippen MR) is 78.6 cm³/mol. The van der Waals surface area contributed by atoms with Gasteiger partial charge in [0.2, 0.25) is 0 Å². The van der Waals surface area contributed by atoms with Crippen molar-refractivity contribution in [3.8, 4) is 0 Å². The molecular formula is C14H24BrN3. The summed E-state index contributed by atoms with van der Waals surface area (Å²) in [7, 11) is 0. The highest BCUT2D eigenvalue weighted by atomic mass is 79.9. The highest BCUT2D eigenvalue weighted by Gasteiger charge is 2.46. The Labute approximate surface area is 118 Å². The molecule has 1 saturated carbocycles. The average Bonchev–Trinajstić information content (AvgIpc) is 2.70. The molecule has 1 aliphatic carbocycles. The molecular weight excluding hydrogens is 290 g/mol. The third-order valence-corrected chi connectivity index (χ3v) is 5.74. The fourth-order valence-electron chi connectivity index (χ4n) is 3.10. The molecule has 1 aromatic heterocycles. The second-order valence-electron chi connectivity index (χ2n) is 6.23. The van der Waals surface area contributed by atoms with Gasteiger partial charge in [0.1, 0.15) is 0 Å². The van der Waals surface area contributed by atoms with E-state index in [0.717, 1.165) is 29.6 Å². The normalized spacial score (nSPS) is 26.8. The van der Waals surface area contributed by atoms with Crippen LogP contribution in [0.4, 0.5) is 0 Å². The quantitative estimate of drug-likeness (QED) is 0.929. The van der Waals surface area contributed by atoms with Gasteiger partial charge in [0.25, 0.3) is 0 Å². The van der Waals surface area contributed by atoms with Crippen LogP contribution < -0.4 is 5.73 Å². The monoisotopic (exact) mass is 313 g/mol. The Balaban J connectivity index is 2.34. The summed E-state index contributed by atoms with van der Waals surface area (Å²) in [5.74, 6) is 0. The number of rotatable bonds is 3. The van der Waals surface area contributed by atoms with Crippen LogP contribution in [0.3, 0.4) is 0 Å². The van der Waals surface area contributed by atoms with Gasteiger partial charge in [-0.15, -0.1) is 0 Å². The molecule has 102 valence electrons. The summed E-state index contributed by atoms with van der Waals surface area (Å²) in [5, 5.41) is 4.56. The number of aryl methyl sites for hydroxylation is 2. The van der Waals surface area contributed by atoms with E-state index >= 15 is 0 Å². The second-order valence-corrected chi connectivity index (χ2v) is 7.03. The molecule has 0 aromatic carbocycles. The molecule has 1 heterocycles. The lowest BCUT2D eigenvalue weighted by atomic mass is 9.73. The third kappa shape index (κ3) is 2.14. The van der Waals surface area contributed by atoms with Crippen molar-refractivity contribution in [2.45, 2.75) is 65.5 Å². The molecule has 0 amide bonds. The zero-order valence-corrected chi connectivity index (χ0v) is 13.5. The zero-order valence-electron chi connectivity index (χ0n) is 11.9. The molecule has 1 unspecified atom stereocenters. The van der Waals surface area contributed by atoms with Crippen molar-refractivity contribution in [2.75, 3.05) is 0 Å². The molecule has 1 fully saturated rings. The first-order chi connectivity index (χ1) is 8.31. The van der Waals surface area contributed by atoms with Crippen LogP contribution in [-0.2, 0) is 13.0 Å². The van der Waals surface area contributed by atoms with Gasteiger partial charge in [-0.05, 0) is 48.0 Å². The Morgan fingerprint density at radius 1 is 1.39 bits per heavy atom. The molecule has 1 aromatic rings. The van der Waals surface area contributed by atoms with Crippen LogP contribution in [0, 0.1) is 12.3 Å². The van der Waals surface area contributed by atoms with Gasteiger partial charge in [0, 0.05) is 18.5 Å². The van der Waals surface area contributed by atoms with E-state index in [4.69, 9.17) is 5.73 Å². The molecule has 0 bridgehead atoms. The fraction of sp³-hybridized carbons (Fsp3) is 0.786. The summed E-state index contributed by atoms with van der Waals surface area (Å²) >= 11 is 3.67. The van der Waals surface area contributed by atoms with Crippen LogP contribution >= 0.6 is 15.9 Å². The summed E-state index contributed by atoms with van der Waals surface area (Å²) in [6, 6.07) is 0. The molecule has 18 heavy (non-hydrogen) atoms. The van der Waals surface area contributed by atoms with Crippen LogP contribution in [0.5, 0.6) is 0 Å². The molecule has 2 N–H and O–H groups in total. The molecule has 2 rings (SSSR count). The second kappa shape index (κ2) is 4.64. The number of hydrogen-bond donors (Lipinski definition) is 1. The van der Waals surface area contributed by atoms with E-state index in [1.807, 2.05) is 6.92 Å². The summed E-state index contributed by atoms with van der Waals surface area (Å²) < 4.78 is 3.22. The predicted octanol–water partition coefficient (Wildman–Crippen LogP) is 3.42. The van der Waals surface area contributed by atoms with E-state index in [9.17, 15) is 0 Å². The largest absolute Gasteiger partial charge is 0.324 e. The molecule has 3 nitrogen and oxygen atoms in total. The van der Waals surface area contributed by atoms with Gasteiger partial charge >= 0.3 is 0 Å². The number of hydrogen-bond acceptors (Lipinski definition) is 2. The minimum atomic E-state index is -0.102. The highest BCUT2D eigenvalue weighted by molar-refractivity contribution is 9.10. The van der Waals surface area contributed by atoms with Crippen molar-refractivity contribution < 1.29 is 0 Å². The maximum atomic E-state index is 6.71. The van der Waals surface area contributed by atoms with E-state index in [0.29, 0.717) is 0 Å². The molecule has 0 saturated heterocycles. The van der Waals surface area contributed by atoms with Crippen molar-refractivity contribution in [2.24, 2.45) is 11.1 Å². The van der Waals surface area contributed by atoms with E-state index in [1.165, 1.54) is 18.5 Å². The number of nitrogens with zero attached hydrogens (tertiary/aromatic N) is 2. The molecule has 4 heteroatoms. The molecule has 1 atom stereocenters. The van der Waals surface area contributed by atoms with Crippen LogP contribution in [0.25, 0.3) is 0 Å². The summed E-state index contributed by atoms with van der Waals surface area (Å²) in [4.78, 5) is 0. The third-order valence-electron chi connectivity index (χ3n) is 4.71. The van der Waals surface area contributed by atoms with Crippen LogP contribution in [0.1, 0.15) is 51.4 Å². The smallest absolute Gasteiger partial charge is 0.0738 e. The first-order valence-corrected chi connectivity index (χ1v) is 7.61. The van der Waals surface area contributed by atoms with Crippen molar-refractivity contribution in [3.63, 3.8) is 0 Å². The van der Waals surface area contributed by atoms with Gasteiger partial charge < -0.3 is 5.73 Å². The lowest BCUT2D eigenvalue weighted by molar-refractivity contribution is 0.203. The van der Waals surface area contributed by atoms with Gasteiger partial charge in [-0.25, -0.2) is 0 Å². The average molecular weight is 314 g/mol. The van der Waals surface area contributed by atoms with Crippen LogP contribution in [-0.4, -0.2) is 15.3 Å². The molecule has 0 aliphatic heterocycles. The zero-order chi connectivity index (χ0) is 13.6. The lowest BCUT2D eigenvalue weighted by Crippen LogP contribution is -2.51. The molecule has 0 spiro atoms. The highest BCUT2D eigenvalue weighted by Crippen LogP contribution is 2.46. The van der Waals surface area contributed by atoms with Crippen molar-refractivity contribution in [3.05, 3.63) is 15.9 Å². The minimum absolute atomic E-state index is 0.102. The van der Waals surface area contributed by atoms with Crippen LogP contribution in [0.2, 0.25) is 0 Å². The lowest BCUT2D eigenvalue weighted by Gasteiger charge is -2.38. The Bertz CT molecular complexity index is 450. The van der Waals surface area contributed by atoms with Crippen molar-refractivity contribution >= 4 is 15.9 Å². The summed E-state index contributed by atoms with van der Waals surface area (Å²) in [6.07, 6.45) is 4.48. The Morgan fingerprint density at radius 2 is 2.06 bits per heavy atom. The van der Waals surface area contributed by atoms with Gasteiger partial charge in [-0.3, -0.25) is 4.68 Å². The molecule has 1 aliphatic rings. The van der Waals surface area contributed by atoms with E-state index < -0.39 is 0 Å². The number of aromatic nitrogens is 2. The van der Waals surface area contributed by atoms with Gasteiger partial charge in [0.05, 0.1) is 15.9 Å². The maximum Gasteiger partial charge on any atom is 0.0738 e. The van der Waals surface area contributed by atoms with E-state index in [-0.39, 0.29) is 11.0 Å². The Kier molecular flexibility index (Phi) is 3.63. The van der Waals surface area contributed by atoms with Gasteiger partial charge in [-0.1, -0.05) is 20.3 Å². The number of halogens is 1. The SMILES string of the molecule is CCn1nc(C)c(Br)c1CC1(N)CCCC1(C)C. The van der Waals surface area contributed by atoms with Gasteiger partial charge in [-0.2, -0.15) is 5.10 Å². The topological polar surface area (TPSA) is 43.8 Å². The van der Waals surface area contributed by atoms with Crippen LogP contribution in [0.15, 0.2) is 4.47 Å². The summed E-state index contributed by atoms with van der Waals surface area (Å²) in [6.45, 7) is 9.67. The van der Waals surface area contributed by atoms with Gasteiger partial charge in [0.15, 0.2) is 0 Å². The first kappa shape index (κ1) is 14.1. The minimum Gasteiger partial charge on any atom is -0.324 e. The fourth-order valence-corrected chi connectivity index (χ4v) is 3.52. The van der Waals surface area contributed by atoms with E-state index in [1.54, 1.807) is 0 Å². The molecule has 0 radical (unpaired) electrons. The van der Waals surface area contributed by atoms with Crippen molar-refractivity contribution in [1.29, 1.82) is 0 Å².